The van der Waals surface area contributed by atoms with E-state index >= 15 is 0 Å². The summed E-state index contributed by atoms with van der Waals surface area (Å²) in [6.07, 6.45) is -0.720. The minimum absolute atomic E-state index is 0.203. The van der Waals surface area contributed by atoms with Crippen molar-refractivity contribution in [3.8, 4) is 0 Å². The molecule has 0 radical (unpaired) electrons. The van der Waals surface area contributed by atoms with Gasteiger partial charge in [0.2, 0.25) is 0 Å². The first kappa shape index (κ1) is 20.3. The fourth-order valence-electron chi connectivity index (χ4n) is 4.29. The topological polar surface area (TPSA) is 71.5 Å². The fourth-order valence-corrected chi connectivity index (χ4v) is 4.29. The number of fused-ring (bicyclic) bond motifs is 3. The van der Waals surface area contributed by atoms with Crippen molar-refractivity contribution in [2.24, 2.45) is 5.10 Å². The van der Waals surface area contributed by atoms with Gasteiger partial charge in [-0.15, -0.1) is 0 Å². The van der Waals surface area contributed by atoms with Crippen molar-refractivity contribution in [1.29, 1.82) is 0 Å². The van der Waals surface area contributed by atoms with Crippen LogP contribution in [0.2, 0.25) is 0 Å². The van der Waals surface area contributed by atoms with Gasteiger partial charge in [-0.2, -0.15) is 5.10 Å². The quantitative estimate of drug-likeness (QED) is 0.750. The molecule has 1 aromatic carbocycles. The molecule has 158 valence electrons. The number of rotatable bonds is 5. The van der Waals surface area contributed by atoms with Crippen LogP contribution in [0.25, 0.3) is 0 Å². The highest BCUT2D eigenvalue weighted by Gasteiger charge is 2.56. The molecule has 8 nitrogen and oxygen atoms in total. The standard InChI is InChI=1S/C22H28N6O2/c1-14(2)11-27-20(29)18-19(25(5)22(27)30)23-21-26(18)13-17(16-9-7-6-8-10-16)24-28(21)12-15(3)4/h6-10,18-19,21,23H,1,3,11-13H2,2,4-5H3. The third-order valence-corrected chi connectivity index (χ3v) is 5.59. The van der Waals surface area contributed by atoms with Crippen LogP contribution in [0.15, 0.2) is 59.7 Å². The number of benzene rings is 1. The summed E-state index contributed by atoms with van der Waals surface area (Å²) < 4.78 is 0. The number of nitrogens with one attached hydrogen (secondary N) is 1. The van der Waals surface area contributed by atoms with E-state index in [2.05, 4.69) is 23.4 Å². The molecule has 8 heteroatoms. The van der Waals surface area contributed by atoms with E-state index in [1.54, 1.807) is 11.9 Å². The van der Waals surface area contributed by atoms with Gasteiger partial charge in [0.1, 0.15) is 12.2 Å². The first-order chi connectivity index (χ1) is 14.3. The second-order valence-corrected chi connectivity index (χ2v) is 8.34. The van der Waals surface area contributed by atoms with E-state index in [9.17, 15) is 9.59 Å². The lowest BCUT2D eigenvalue weighted by molar-refractivity contribution is -0.138. The number of likely N-dealkylation sites (N-methyl/N-ethyl adjacent to an activating group) is 1. The normalized spacial score (nSPS) is 26.4. The summed E-state index contributed by atoms with van der Waals surface area (Å²) in [5, 5.41) is 10.2. The number of carbonyl (C=O) groups is 2. The Morgan fingerprint density at radius 2 is 1.80 bits per heavy atom. The predicted molar refractivity (Wildman–Crippen MR) is 115 cm³/mol. The van der Waals surface area contributed by atoms with Gasteiger partial charge in [-0.05, 0) is 19.4 Å². The molecule has 1 aromatic rings. The smallest absolute Gasteiger partial charge is 0.310 e. The second-order valence-electron chi connectivity index (χ2n) is 8.34. The maximum atomic E-state index is 13.4. The first-order valence-corrected chi connectivity index (χ1v) is 10.1. The van der Waals surface area contributed by atoms with E-state index in [0.29, 0.717) is 13.1 Å². The molecule has 2 saturated heterocycles. The number of hydrazone groups is 1. The molecule has 0 aliphatic carbocycles. The van der Waals surface area contributed by atoms with Crippen LogP contribution in [0.5, 0.6) is 0 Å². The first-order valence-electron chi connectivity index (χ1n) is 10.1. The van der Waals surface area contributed by atoms with Crippen molar-refractivity contribution in [2.45, 2.75) is 32.3 Å². The zero-order valence-corrected chi connectivity index (χ0v) is 17.7. The fraction of sp³-hybridized carbons (Fsp3) is 0.409. The van der Waals surface area contributed by atoms with E-state index < -0.39 is 12.2 Å². The number of hydrogen-bond acceptors (Lipinski definition) is 6. The molecular formula is C22H28N6O2. The largest absolute Gasteiger partial charge is 0.328 e. The summed E-state index contributed by atoms with van der Waals surface area (Å²) in [6.45, 7) is 12.9. The monoisotopic (exact) mass is 408 g/mol. The van der Waals surface area contributed by atoms with Crippen LogP contribution in [0, 0.1) is 0 Å². The van der Waals surface area contributed by atoms with E-state index in [1.807, 2.05) is 49.2 Å². The van der Waals surface area contributed by atoms with Gasteiger partial charge in [0.05, 0.1) is 18.8 Å². The molecule has 0 aromatic heterocycles. The van der Waals surface area contributed by atoms with Crippen molar-refractivity contribution in [1.82, 2.24) is 25.0 Å². The number of amides is 3. The van der Waals surface area contributed by atoms with Gasteiger partial charge in [-0.25, -0.2) is 9.69 Å². The Morgan fingerprint density at radius 3 is 2.43 bits per heavy atom. The molecule has 0 bridgehead atoms. The molecule has 3 heterocycles. The van der Waals surface area contributed by atoms with E-state index in [0.717, 1.165) is 22.4 Å². The molecular weight excluding hydrogens is 380 g/mol. The molecule has 3 unspecified atom stereocenters. The Kier molecular flexibility index (Phi) is 5.21. The summed E-state index contributed by atoms with van der Waals surface area (Å²) in [4.78, 5) is 31.2. The molecule has 3 aliphatic rings. The lowest BCUT2D eigenvalue weighted by Crippen LogP contribution is -2.66. The minimum Gasteiger partial charge on any atom is -0.310 e. The maximum Gasteiger partial charge on any atom is 0.328 e. The number of imide groups is 1. The van der Waals surface area contributed by atoms with Crippen molar-refractivity contribution in [2.75, 3.05) is 26.7 Å². The zero-order valence-electron chi connectivity index (χ0n) is 17.7. The summed E-state index contributed by atoms with van der Waals surface area (Å²) in [6, 6.07) is 9.15. The highest BCUT2D eigenvalue weighted by Crippen LogP contribution is 2.31. The molecule has 3 amide bonds. The summed E-state index contributed by atoms with van der Waals surface area (Å²) in [5.74, 6) is -0.203. The maximum absolute atomic E-state index is 13.4. The highest BCUT2D eigenvalue weighted by atomic mass is 16.2. The third kappa shape index (κ3) is 3.42. The predicted octanol–water partition coefficient (Wildman–Crippen LogP) is 1.64. The molecule has 1 N–H and O–H groups in total. The van der Waals surface area contributed by atoms with Gasteiger partial charge in [0.25, 0.3) is 5.91 Å². The van der Waals surface area contributed by atoms with Gasteiger partial charge >= 0.3 is 6.03 Å². The van der Waals surface area contributed by atoms with Gasteiger partial charge < -0.3 is 4.90 Å². The van der Waals surface area contributed by atoms with Crippen molar-refractivity contribution in [3.63, 3.8) is 0 Å². The lowest BCUT2D eigenvalue weighted by Gasteiger charge is -2.42. The molecule has 0 spiro atoms. The Morgan fingerprint density at radius 1 is 1.13 bits per heavy atom. The van der Waals surface area contributed by atoms with Gasteiger partial charge in [-0.3, -0.25) is 20.0 Å². The van der Waals surface area contributed by atoms with Crippen molar-refractivity contribution >= 4 is 17.6 Å². The second kappa shape index (κ2) is 7.70. The number of urea groups is 1. The number of hydrogen-bond donors (Lipinski definition) is 1. The average molecular weight is 409 g/mol. The van der Waals surface area contributed by atoms with Crippen LogP contribution < -0.4 is 5.32 Å². The molecule has 4 rings (SSSR count). The van der Waals surface area contributed by atoms with Crippen LogP contribution in [-0.2, 0) is 4.79 Å². The lowest BCUT2D eigenvalue weighted by atomic mass is 10.1. The van der Waals surface area contributed by atoms with E-state index in [4.69, 9.17) is 5.10 Å². The molecule has 3 atom stereocenters. The Bertz CT molecular complexity index is 927. The Hall–Kier alpha value is -2.97. The Labute approximate surface area is 177 Å². The van der Waals surface area contributed by atoms with Crippen molar-refractivity contribution in [3.05, 3.63) is 60.2 Å². The zero-order chi connectivity index (χ0) is 21.6. The number of nitrogens with zero attached hydrogens (tertiary/aromatic N) is 5. The van der Waals surface area contributed by atoms with Crippen LogP contribution in [0.1, 0.15) is 19.4 Å². The van der Waals surface area contributed by atoms with E-state index in [1.165, 1.54) is 4.90 Å². The molecule has 2 fully saturated rings. The summed E-state index contributed by atoms with van der Waals surface area (Å²) in [5.41, 5.74) is 3.62. The third-order valence-electron chi connectivity index (χ3n) is 5.59. The van der Waals surface area contributed by atoms with Gasteiger partial charge in [-0.1, -0.05) is 54.6 Å². The molecule has 3 aliphatic heterocycles. The highest BCUT2D eigenvalue weighted by molar-refractivity contribution is 6.04. The molecule has 0 saturated carbocycles. The summed E-state index contributed by atoms with van der Waals surface area (Å²) >= 11 is 0. The van der Waals surface area contributed by atoms with Crippen LogP contribution in [-0.4, -0.2) is 82.5 Å². The van der Waals surface area contributed by atoms with Crippen LogP contribution >= 0.6 is 0 Å². The van der Waals surface area contributed by atoms with Crippen LogP contribution in [0.3, 0.4) is 0 Å². The minimum atomic E-state index is -0.501. The van der Waals surface area contributed by atoms with E-state index in [-0.39, 0.29) is 24.8 Å². The van der Waals surface area contributed by atoms with Gasteiger partial charge in [0.15, 0.2) is 6.29 Å². The Balaban J connectivity index is 1.71. The molecule has 30 heavy (non-hydrogen) atoms. The number of carbonyl (C=O) groups excluding carboxylic acids is 2. The van der Waals surface area contributed by atoms with Crippen LogP contribution in [0.4, 0.5) is 4.79 Å². The van der Waals surface area contributed by atoms with Crippen molar-refractivity contribution < 1.29 is 9.59 Å². The van der Waals surface area contributed by atoms with Gasteiger partial charge in [0, 0.05) is 13.6 Å². The average Bonchev–Trinajstić information content (AvgIpc) is 3.10. The SMILES string of the molecule is C=C(C)CN1C(=O)C2C(NC3N(CC(=C)C)N=C(c4ccccc4)CN23)N(C)C1=O. The summed E-state index contributed by atoms with van der Waals surface area (Å²) in [7, 11) is 1.73.